The van der Waals surface area contributed by atoms with Crippen LogP contribution in [0.25, 0.3) is 0 Å². The molecule has 0 aliphatic carbocycles. The molecular formula is C27H27Cl2N5O2. The number of carbonyl (C=O) groups is 1. The first-order valence-electron chi connectivity index (χ1n) is 11.6. The van der Waals surface area contributed by atoms with E-state index in [0.29, 0.717) is 46.7 Å². The van der Waals surface area contributed by atoms with Gasteiger partial charge in [-0.15, -0.1) is 0 Å². The molecular weight excluding hydrogens is 497 g/mol. The van der Waals surface area contributed by atoms with E-state index in [9.17, 15) is 4.79 Å². The number of pyridine rings is 2. The fraction of sp³-hybridized carbons (Fsp3) is 0.333. The van der Waals surface area contributed by atoms with Gasteiger partial charge in [0, 0.05) is 49.9 Å². The standard InChI is InChI=1S/C27H27Cl2N5O2/c1-17(36-26-9-4-18(11-30)12-32-26)22-15-34(16-23(22)19-6-8-24(28)25(29)10-19)27(35)20-5-7-21(31-13-20)14-33(2)3/h4-10,12-13,17,22-23H,14-16H2,1-3H3. The van der Waals surface area contributed by atoms with E-state index in [-0.39, 0.29) is 23.8 Å². The minimum atomic E-state index is -0.261. The highest BCUT2D eigenvalue weighted by Gasteiger charge is 2.40. The van der Waals surface area contributed by atoms with Crippen LogP contribution in [0.4, 0.5) is 0 Å². The summed E-state index contributed by atoms with van der Waals surface area (Å²) < 4.78 is 6.16. The smallest absolute Gasteiger partial charge is 0.255 e. The Labute approximate surface area is 221 Å². The van der Waals surface area contributed by atoms with Gasteiger partial charge in [0.05, 0.1) is 26.9 Å². The van der Waals surface area contributed by atoms with Crippen LogP contribution < -0.4 is 4.74 Å². The van der Waals surface area contributed by atoms with Gasteiger partial charge in [0.1, 0.15) is 12.2 Å². The van der Waals surface area contributed by atoms with Crippen LogP contribution in [0.1, 0.15) is 40.0 Å². The number of rotatable bonds is 7. The van der Waals surface area contributed by atoms with Crippen molar-refractivity contribution in [2.24, 2.45) is 5.92 Å². The third kappa shape index (κ3) is 5.96. The number of halogens is 2. The van der Waals surface area contributed by atoms with Crippen molar-refractivity contribution in [1.82, 2.24) is 19.8 Å². The Morgan fingerprint density at radius 1 is 1.14 bits per heavy atom. The molecule has 1 fully saturated rings. The molecule has 0 radical (unpaired) electrons. The minimum absolute atomic E-state index is 0.0157. The Balaban J connectivity index is 1.57. The quantitative estimate of drug-likeness (QED) is 0.431. The normalized spacial score (nSPS) is 18.2. The van der Waals surface area contributed by atoms with Crippen molar-refractivity contribution in [2.75, 3.05) is 27.2 Å². The van der Waals surface area contributed by atoms with E-state index in [1.165, 1.54) is 6.20 Å². The van der Waals surface area contributed by atoms with E-state index in [0.717, 1.165) is 11.3 Å². The molecule has 186 valence electrons. The third-order valence-corrected chi connectivity index (χ3v) is 7.09. The van der Waals surface area contributed by atoms with Crippen molar-refractivity contribution >= 4 is 29.1 Å². The van der Waals surface area contributed by atoms with E-state index >= 15 is 0 Å². The highest BCUT2D eigenvalue weighted by atomic mass is 35.5. The Hall–Kier alpha value is -3.18. The second-order valence-corrected chi connectivity index (χ2v) is 10.1. The van der Waals surface area contributed by atoms with Crippen LogP contribution in [0.15, 0.2) is 54.9 Å². The SMILES string of the molecule is CC(Oc1ccc(C#N)cn1)C1CN(C(=O)c2ccc(CN(C)C)nc2)CC1c1ccc(Cl)c(Cl)c1. The van der Waals surface area contributed by atoms with Crippen LogP contribution in [0.3, 0.4) is 0 Å². The molecule has 3 aromatic rings. The van der Waals surface area contributed by atoms with Crippen LogP contribution in [0.5, 0.6) is 5.88 Å². The Kier molecular flexibility index (Phi) is 8.10. The maximum absolute atomic E-state index is 13.4. The number of nitriles is 1. The van der Waals surface area contributed by atoms with Crippen LogP contribution in [-0.4, -0.2) is 59.0 Å². The van der Waals surface area contributed by atoms with Gasteiger partial charge < -0.3 is 14.5 Å². The van der Waals surface area contributed by atoms with Crippen molar-refractivity contribution < 1.29 is 9.53 Å². The first-order chi connectivity index (χ1) is 17.2. The molecule has 0 N–H and O–H groups in total. The zero-order valence-electron chi connectivity index (χ0n) is 20.4. The molecule has 3 unspecified atom stereocenters. The molecule has 7 nitrogen and oxygen atoms in total. The highest BCUT2D eigenvalue weighted by molar-refractivity contribution is 6.42. The van der Waals surface area contributed by atoms with Crippen LogP contribution in [0, 0.1) is 17.2 Å². The summed E-state index contributed by atoms with van der Waals surface area (Å²) in [6, 6.07) is 14.7. The van der Waals surface area contributed by atoms with Crippen molar-refractivity contribution in [3.8, 4) is 11.9 Å². The molecule has 3 heterocycles. The molecule has 0 bridgehead atoms. The molecule has 1 saturated heterocycles. The van der Waals surface area contributed by atoms with Crippen LogP contribution in [0.2, 0.25) is 10.0 Å². The summed E-state index contributed by atoms with van der Waals surface area (Å²) in [7, 11) is 3.95. The fourth-order valence-corrected chi connectivity index (χ4v) is 4.82. The maximum atomic E-state index is 13.4. The summed E-state index contributed by atoms with van der Waals surface area (Å²) in [5.41, 5.74) is 2.91. The predicted octanol–water partition coefficient (Wildman–Crippen LogP) is 5.04. The lowest BCUT2D eigenvalue weighted by Gasteiger charge is -2.25. The monoisotopic (exact) mass is 523 g/mol. The summed E-state index contributed by atoms with van der Waals surface area (Å²) in [6.45, 7) is 3.69. The Morgan fingerprint density at radius 3 is 2.56 bits per heavy atom. The largest absolute Gasteiger partial charge is 0.474 e. The van der Waals surface area contributed by atoms with Crippen molar-refractivity contribution in [2.45, 2.75) is 25.5 Å². The lowest BCUT2D eigenvalue weighted by atomic mass is 9.86. The average molecular weight is 524 g/mol. The van der Waals surface area contributed by atoms with E-state index in [1.54, 1.807) is 24.4 Å². The molecule has 9 heteroatoms. The molecule has 2 aromatic heterocycles. The number of amides is 1. The number of carbonyl (C=O) groups excluding carboxylic acids is 1. The first kappa shape index (κ1) is 25.9. The molecule has 1 aliphatic heterocycles. The summed E-state index contributed by atoms with van der Waals surface area (Å²) in [5, 5.41) is 9.98. The first-order valence-corrected chi connectivity index (χ1v) is 12.4. The van der Waals surface area contributed by atoms with E-state index in [1.807, 2.05) is 55.1 Å². The molecule has 1 amide bonds. The lowest BCUT2D eigenvalue weighted by Crippen LogP contribution is -2.32. The van der Waals surface area contributed by atoms with Gasteiger partial charge >= 0.3 is 0 Å². The van der Waals surface area contributed by atoms with Crippen LogP contribution >= 0.6 is 23.2 Å². The molecule has 0 saturated carbocycles. The van der Waals surface area contributed by atoms with E-state index < -0.39 is 0 Å². The second-order valence-electron chi connectivity index (χ2n) is 9.25. The number of hydrogen-bond donors (Lipinski definition) is 0. The summed E-state index contributed by atoms with van der Waals surface area (Å²) >= 11 is 12.5. The number of likely N-dealkylation sites (tertiary alicyclic amines) is 1. The second kappa shape index (κ2) is 11.3. The zero-order chi connectivity index (χ0) is 25.8. The fourth-order valence-electron chi connectivity index (χ4n) is 4.51. The summed E-state index contributed by atoms with van der Waals surface area (Å²) in [5.74, 6) is 0.317. The predicted molar refractivity (Wildman–Crippen MR) is 139 cm³/mol. The number of benzene rings is 1. The molecule has 1 aliphatic rings. The topological polar surface area (TPSA) is 82.3 Å². The molecule has 0 spiro atoms. The lowest BCUT2D eigenvalue weighted by molar-refractivity contribution is 0.0769. The van der Waals surface area contributed by atoms with Crippen molar-refractivity contribution in [3.05, 3.63) is 87.3 Å². The Morgan fingerprint density at radius 2 is 1.94 bits per heavy atom. The number of aromatic nitrogens is 2. The summed E-state index contributed by atoms with van der Waals surface area (Å²) in [6.07, 6.45) is 2.86. The number of nitrogens with zero attached hydrogens (tertiary/aromatic N) is 5. The third-order valence-electron chi connectivity index (χ3n) is 6.35. The molecule has 1 aromatic carbocycles. The van der Waals surface area contributed by atoms with Crippen molar-refractivity contribution in [1.29, 1.82) is 5.26 Å². The summed E-state index contributed by atoms with van der Waals surface area (Å²) in [4.78, 5) is 26.0. The van der Waals surface area contributed by atoms with Crippen LogP contribution in [-0.2, 0) is 6.54 Å². The van der Waals surface area contributed by atoms with Gasteiger partial charge in [-0.1, -0.05) is 29.3 Å². The van der Waals surface area contributed by atoms with E-state index in [4.69, 9.17) is 33.2 Å². The minimum Gasteiger partial charge on any atom is -0.474 e. The highest BCUT2D eigenvalue weighted by Crippen LogP contribution is 2.38. The zero-order valence-corrected chi connectivity index (χ0v) is 21.9. The van der Waals surface area contributed by atoms with Gasteiger partial charge in [-0.2, -0.15) is 5.26 Å². The molecule has 3 atom stereocenters. The van der Waals surface area contributed by atoms with Gasteiger partial charge in [0.2, 0.25) is 5.88 Å². The number of hydrogen-bond acceptors (Lipinski definition) is 6. The van der Waals surface area contributed by atoms with Gasteiger partial charge in [0.15, 0.2) is 0 Å². The van der Waals surface area contributed by atoms with Gasteiger partial charge in [-0.25, -0.2) is 4.98 Å². The average Bonchev–Trinajstić information content (AvgIpc) is 3.31. The molecule has 36 heavy (non-hydrogen) atoms. The Bertz CT molecular complexity index is 1260. The van der Waals surface area contributed by atoms with E-state index in [2.05, 4.69) is 16.0 Å². The maximum Gasteiger partial charge on any atom is 0.255 e. The van der Waals surface area contributed by atoms with Gasteiger partial charge in [0.25, 0.3) is 5.91 Å². The van der Waals surface area contributed by atoms with Crippen molar-refractivity contribution in [3.63, 3.8) is 0 Å². The van der Waals surface area contributed by atoms with Gasteiger partial charge in [-0.3, -0.25) is 9.78 Å². The molecule has 4 rings (SSSR count). The van der Waals surface area contributed by atoms with Gasteiger partial charge in [-0.05, 0) is 56.9 Å². The number of ether oxygens (including phenoxy) is 1.